The Morgan fingerprint density at radius 1 is 1.50 bits per heavy atom. The van der Waals surface area contributed by atoms with Gasteiger partial charge in [-0.1, -0.05) is 12.8 Å². The number of carbonyl (C=O) groups is 1. The van der Waals surface area contributed by atoms with Gasteiger partial charge in [-0.25, -0.2) is 0 Å². The Morgan fingerprint density at radius 3 is 2.71 bits per heavy atom. The van der Waals surface area contributed by atoms with Crippen LogP contribution in [0.4, 0.5) is 0 Å². The van der Waals surface area contributed by atoms with Gasteiger partial charge in [0, 0.05) is 13.0 Å². The molecule has 1 amide bonds. The van der Waals surface area contributed by atoms with Crippen LogP contribution >= 0.6 is 0 Å². The molecule has 0 aromatic carbocycles. The van der Waals surface area contributed by atoms with Gasteiger partial charge in [0.25, 0.3) is 0 Å². The smallest absolute Gasteiger partial charge is 0.240 e. The molecule has 0 aliphatic heterocycles. The lowest BCUT2D eigenvalue weighted by molar-refractivity contribution is -0.126. The van der Waals surface area contributed by atoms with Crippen molar-refractivity contribution in [3.05, 3.63) is 0 Å². The first-order valence-electron chi connectivity index (χ1n) is 5.20. The van der Waals surface area contributed by atoms with Gasteiger partial charge in [-0.3, -0.25) is 4.79 Å². The van der Waals surface area contributed by atoms with Crippen LogP contribution in [0.1, 0.15) is 38.5 Å². The maximum Gasteiger partial charge on any atom is 0.240 e. The minimum atomic E-state index is -0.601. The highest BCUT2D eigenvalue weighted by molar-refractivity contribution is 5.86. The summed E-state index contributed by atoms with van der Waals surface area (Å²) in [5.74, 6) is 2.53. The summed E-state index contributed by atoms with van der Waals surface area (Å²) >= 11 is 0. The van der Waals surface area contributed by atoms with Crippen molar-refractivity contribution in [3.8, 4) is 12.3 Å². The molecule has 0 atom stereocenters. The normalized spacial score (nSPS) is 18.9. The Kier molecular flexibility index (Phi) is 3.97. The predicted octanol–water partition coefficient (Wildman–Crippen LogP) is 0.787. The second-order valence-electron chi connectivity index (χ2n) is 3.93. The first-order valence-corrected chi connectivity index (χ1v) is 5.20. The molecule has 0 aromatic heterocycles. The van der Waals surface area contributed by atoms with E-state index in [2.05, 4.69) is 11.2 Å². The van der Waals surface area contributed by atoms with Crippen LogP contribution in [0.25, 0.3) is 0 Å². The summed E-state index contributed by atoms with van der Waals surface area (Å²) in [6.07, 6.45) is 10.4. The maximum atomic E-state index is 11.6. The highest BCUT2D eigenvalue weighted by atomic mass is 16.2. The quantitative estimate of drug-likeness (QED) is 0.513. The molecule has 78 valence electrons. The number of rotatable bonds is 4. The fourth-order valence-corrected chi connectivity index (χ4v) is 1.80. The van der Waals surface area contributed by atoms with Gasteiger partial charge < -0.3 is 11.1 Å². The van der Waals surface area contributed by atoms with E-state index in [0.717, 1.165) is 32.1 Å². The third kappa shape index (κ3) is 2.74. The van der Waals surface area contributed by atoms with Gasteiger partial charge in [-0.05, 0) is 19.3 Å². The summed E-state index contributed by atoms with van der Waals surface area (Å²) in [5, 5.41) is 2.84. The van der Waals surface area contributed by atoms with Crippen LogP contribution in [-0.2, 0) is 4.79 Å². The Labute approximate surface area is 85.4 Å². The van der Waals surface area contributed by atoms with Crippen molar-refractivity contribution >= 4 is 5.91 Å². The fourth-order valence-electron chi connectivity index (χ4n) is 1.80. The van der Waals surface area contributed by atoms with Gasteiger partial charge in [0.05, 0.1) is 5.54 Å². The van der Waals surface area contributed by atoms with E-state index in [-0.39, 0.29) is 5.91 Å². The molecule has 0 radical (unpaired) electrons. The molecule has 3 N–H and O–H groups in total. The lowest BCUT2D eigenvalue weighted by atomic mass is 9.98. The molecular formula is C11H18N2O. The van der Waals surface area contributed by atoms with Crippen LogP contribution in [-0.4, -0.2) is 18.0 Å². The highest BCUT2D eigenvalue weighted by Crippen LogP contribution is 2.27. The monoisotopic (exact) mass is 194 g/mol. The van der Waals surface area contributed by atoms with Crippen LogP contribution in [0, 0.1) is 12.3 Å². The average Bonchev–Trinajstić information content (AvgIpc) is 2.61. The predicted molar refractivity (Wildman–Crippen MR) is 56.5 cm³/mol. The molecule has 0 aromatic rings. The molecule has 0 spiro atoms. The van der Waals surface area contributed by atoms with Gasteiger partial charge in [0.2, 0.25) is 5.91 Å². The van der Waals surface area contributed by atoms with Gasteiger partial charge in [-0.2, -0.15) is 0 Å². The van der Waals surface area contributed by atoms with E-state index in [9.17, 15) is 4.79 Å². The van der Waals surface area contributed by atoms with Crippen LogP contribution in [0.3, 0.4) is 0 Å². The van der Waals surface area contributed by atoms with Gasteiger partial charge in [0.1, 0.15) is 0 Å². The fraction of sp³-hybridized carbons (Fsp3) is 0.727. The summed E-state index contributed by atoms with van der Waals surface area (Å²) in [7, 11) is 0. The first kappa shape index (κ1) is 11.1. The largest absolute Gasteiger partial charge is 0.354 e. The van der Waals surface area contributed by atoms with Crippen molar-refractivity contribution in [2.45, 2.75) is 44.1 Å². The third-order valence-electron chi connectivity index (χ3n) is 2.73. The topological polar surface area (TPSA) is 55.1 Å². The number of hydrogen-bond acceptors (Lipinski definition) is 2. The molecule has 3 nitrogen and oxygen atoms in total. The van der Waals surface area contributed by atoms with Crippen molar-refractivity contribution in [3.63, 3.8) is 0 Å². The van der Waals surface area contributed by atoms with Crippen LogP contribution in [0.15, 0.2) is 0 Å². The Balaban J connectivity index is 2.24. The number of nitrogens with one attached hydrogen (secondary N) is 1. The van der Waals surface area contributed by atoms with Crippen molar-refractivity contribution < 1.29 is 4.79 Å². The molecule has 0 saturated heterocycles. The number of unbranched alkanes of at least 4 members (excludes halogenated alkanes) is 1. The summed E-state index contributed by atoms with van der Waals surface area (Å²) in [6.45, 7) is 0.641. The van der Waals surface area contributed by atoms with Crippen molar-refractivity contribution in [2.75, 3.05) is 6.54 Å². The molecule has 1 rings (SSSR count). The van der Waals surface area contributed by atoms with E-state index < -0.39 is 5.54 Å². The zero-order valence-electron chi connectivity index (χ0n) is 8.51. The van der Waals surface area contributed by atoms with Crippen molar-refractivity contribution in [2.24, 2.45) is 5.73 Å². The Morgan fingerprint density at radius 2 is 2.14 bits per heavy atom. The SMILES string of the molecule is C#CCCCNC(=O)C1(N)CCCC1. The third-order valence-corrected chi connectivity index (χ3v) is 2.73. The summed E-state index contributed by atoms with van der Waals surface area (Å²) in [6, 6.07) is 0. The number of nitrogens with two attached hydrogens (primary N) is 1. The summed E-state index contributed by atoms with van der Waals surface area (Å²) in [5.41, 5.74) is 5.36. The van der Waals surface area contributed by atoms with E-state index in [1.165, 1.54) is 0 Å². The van der Waals surface area contributed by atoms with E-state index in [4.69, 9.17) is 12.2 Å². The van der Waals surface area contributed by atoms with Crippen molar-refractivity contribution in [1.82, 2.24) is 5.32 Å². The Bertz CT molecular complexity index is 236. The lowest BCUT2D eigenvalue weighted by Gasteiger charge is -2.21. The van der Waals surface area contributed by atoms with E-state index in [0.29, 0.717) is 13.0 Å². The average molecular weight is 194 g/mol. The zero-order valence-corrected chi connectivity index (χ0v) is 8.51. The van der Waals surface area contributed by atoms with Crippen LogP contribution in [0.2, 0.25) is 0 Å². The van der Waals surface area contributed by atoms with Crippen LogP contribution in [0.5, 0.6) is 0 Å². The molecular weight excluding hydrogens is 176 g/mol. The molecule has 1 saturated carbocycles. The molecule has 0 unspecified atom stereocenters. The molecule has 0 heterocycles. The molecule has 1 aliphatic rings. The maximum absolute atomic E-state index is 11.6. The number of amides is 1. The number of carbonyl (C=O) groups excluding carboxylic acids is 1. The van der Waals surface area contributed by atoms with E-state index in [1.807, 2.05) is 0 Å². The molecule has 3 heteroatoms. The van der Waals surface area contributed by atoms with Gasteiger partial charge in [0.15, 0.2) is 0 Å². The minimum Gasteiger partial charge on any atom is -0.354 e. The first-order chi connectivity index (χ1) is 6.69. The molecule has 14 heavy (non-hydrogen) atoms. The van der Waals surface area contributed by atoms with Gasteiger partial charge in [-0.15, -0.1) is 12.3 Å². The minimum absolute atomic E-state index is 0.00739. The summed E-state index contributed by atoms with van der Waals surface area (Å²) in [4.78, 5) is 11.6. The standard InChI is InChI=1S/C11H18N2O/c1-2-3-6-9-13-10(14)11(12)7-4-5-8-11/h1H,3-9,12H2,(H,13,14). The molecule has 0 bridgehead atoms. The zero-order chi connectivity index (χ0) is 10.4. The molecule has 1 aliphatic carbocycles. The summed E-state index contributed by atoms with van der Waals surface area (Å²) < 4.78 is 0. The van der Waals surface area contributed by atoms with Crippen molar-refractivity contribution in [1.29, 1.82) is 0 Å². The highest BCUT2D eigenvalue weighted by Gasteiger charge is 2.36. The second-order valence-corrected chi connectivity index (χ2v) is 3.93. The number of terminal acetylenes is 1. The lowest BCUT2D eigenvalue weighted by Crippen LogP contribution is -2.52. The van der Waals surface area contributed by atoms with Gasteiger partial charge >= 0.3 is 0 Å². The molecule has 1 fully saturated rings. The Hall–Kier alpha value is -1.01. The van der Waals surface area contributed by atoms with E-state index in [1.54, 1.807) is 0 Å². The number of hydrogen-bond donors (Lipinski definition) is 2. The van der Waals surface area contributed by atoms with E-state index >= 15 is 0 Å². The second kappa shape index (κ2) is 5.02. The van der Waals surface area contributed by atoms with Crippen LogP contribution < -0.4 is 11.1 Å².